The van der Waals surface area contributed by atoms with Crippen LogP contribution in [-0.2, 0) is 6.61 Å². The van der Waals surface area contributed by atoms with Crippen molar-refractivity contribution in [2.45, 2.75) is 19.1 Å². The zero-order chi connectivity index (χ0) is 15.3. The Morgan fingerprint density at radius 2 is 1.43 bits per heavy atom. The fraction of sp³-hybridized carbons (Fsp3) is 0.200. The largest absolute Gasteiger partial charge is 0.485 e. The Labute approximate surface area is 118 Å². The maximum absolute atomic E-state index is 12.9. The van der Waals surface area contributed by atoms with Gasteiger partial charge in [-0.3, -0.25) is 0 Å². The predicted octanol–water partition coefficient (Wildman–Crippen LogP) is 4.50. The van der Waals surface area contributed by atoms with Gasteiger partial charge in [-0.25, -0.2) is 0 Å². The molecule has 0 aliphatic heterocycles. The standard InChI is InChI=1S/C15H12F4O2/c16-14(17)15(18,19)21-13-9-5-4-8-12(13)20-10-11-6-2-1-3-7-11/h1-9,14H,10H2. The zero-order valence-electron chi connectivity index (χ0n) is 10.8. The van der Waals surface area contributed by atoms with Crippen LogP contribution in [-0.4, -0.2) is 12.5 Å². The van der Waals surface area contributed by atoms with E-state index in [9.17, 15) is 17.6 Å². The van der Waals surface area contributed by atoms with E-state index in [0.29, 0.717) is 0 Å². The molecule has 0 aromatic heterocycles. The van der Waals surface area contributed by atoms with Crippen LogP contribution in [0.4, 0.5) is 17.6 Å². The third kappa shape index (κ3) is 4.11. The summed E-state index contributed by atoms with van der Waals surface area (Å²) >= 11 is 0. The first-order valence-electron chi connectivity index (χ1n) is 6.10. The monoisotopic (exact) mass is 300 g/mol. The molecular weight excluding hydrogens is 288 g/mol. The molecule has 0 saturated carbocycles. The third-order valence-electron chi connectivity index (χ3n) is 2.59. The lowest BCUT2D eigenvalue weighted by atomic mass is 10.2. The second kappa shape index (κ2) is 6.47. The molecule has 2 rings (SSSR count). The molecule has 0 heterocycles. The Morgan fingerprint density at radius 1 is 0.857 bits per heavy atom. The molecule has 6 heteroatoms. The average molecular weight is 300 g/mol. The van der Waals surface area contributed by atoms with E-state index in [1.807, 2.05) is 6.07 Å². The fourth-order valence-corrected chi connectivity index (χ4v) is 1.58. The van der Waals surface area contributed by atoms with Crippen LogP contribution in [0.3, 0.4) is 0 Å². The van der Waals surface area contributed by atoms with Gasteiger partial charge in [0.15, 0.2) is 11.5 Å². The maximum atomic E-state index is 12.9. The Balaban J connectivity index is 2.10. The summed E-state index contributed by atoms with van der Waals surface area (Å²) in [5.41, 5.74) is 0.813. The number of ether oxygens (including phenoxy) is 2. The summed E-state index contributed by atoms with van der Waals surface area (Å²) in [6.07, 6.45) is -8.48. The zero-order valence-corrected chi connectivity index (χ0v) is 10.8. The van der Waals surface area contributed by atoms with E-state index in [4.69, 9.17) is 4.74 Å². The van der Waals surface area contributed by atoms with E-state index in [1.54, 1.807) is 24.3 Å². The van der Waals surface area contributed by atoms with E-state index >= 15 is 0 Å². The number of rotatable bonds is 6. The molecule has 0 unspecified atom stereocenters. The van der Waals surface area contributed by atoms with Crippen LogP contribution in [0.5, 0.6) is 11.5 Å². The van der Waals surface area contributed by atoms with E-state index in [2.05, 4.69) is 4.74 Å². The van der Waals surface area contributed by atoms with Crippen LogP contribution in [0.15, 0.2) is 54.6 Å². The van der Waals surface area contributed by atoms with Gasteiger partial charge < -0.3 is 9.47 Å². The number of hydrogen-bond acceptors (Lipinski definition) is 2. The van der Waals surface area contributed by atoms with E-state index in [1.165, 1.54) is 18.2 Å². The lowest BCUT2D eigenvalue weighted by Crippen LogP contribution is -2.33. The van der Waals surface area contributed by atoms with Gasteiger partial charge in [-0.05, 0) is 17.7 Å². The van der Waals surface area contributed by atoms with E-state index < -0.39 is 18.3 Å². The lowest BCUT2D eigenvalue weighted by Gasteiger charge is -2.19. The van der Waals surface area contributed by atoms with Crippen molar-refractivity contribution in [2.24, 2.45) is 0 Å². The van der Waals surface area contributed by atoms with Gasteiger partial charge >= 0.3 is 12.5 Å². The third-order valence-corrected chi connectivity index (χ3v) is 2.59. The molecule has 0 fully saturated rings. The summed E-state index contributed by atoms with van der Waals surface area (Å²) in [5, 5.41) is 0. The summed E-state index contributed by atoms with van der Waals surface area (Å²) in [7, 11) is 0. The van der Waals surface area contributed by atoms with Crippen LogP contribution < -0.4 is 9.47 Å². The molecular formula is C15H12F4O2. The highest BCUT2D eigenvalue weighted by molar-refractivity contribution is 5.40. The summed E-state index contributed by atoms with van der Waals surface area (Å²) in [6.45, 7) is 0.113. The van der Waals surface area contributed by atoms with Crippen molar-refractivity contribution >= 4 is 0 Å². The highest BCUT2D eigenvalue weighted by atomic mass is 19.3. The number of hydrogen-bond donors (Lipinski definition) is 0. The molecule has 0 aliphatic carbocycles. The SMILES string of the molecule is FC(F)C(F)(F)Oc1ccccc1OCc1ccccc1. The van der Waals surface area contributed by atoms with Crippen LogP contribution in [0.1, 0.15) is 5.56 Å². The summed E-state index contributed by atoms with van der Waals surface area (Å²) in [4.78, 5) is 0. The van der Waals surface area contributed by atoms with Crippen LogP contribution in [0, 0.1) is 0 Å². The number of alkyl halides is 4. The molecule has 0 atom stereocenters. The van der Waals surface area contributed by atoms with E-state index in [0.717, 1.165) is 11.6 Å². The molecule has 0 saturated heterocycles. The van der Waals surface area contributed by atoms with Crippen molar-refractivity contribution in [3.63, 3.8) is 0 Å². The van der Waals surface area contributed by atoms with Gasteiger partial charge in [0.2, 0.25) is 0 Å². The van der Waals surface area contributed by atoms with Crippen molar-refractivity contribution in [2.75, 3.05) is 0 Å². The van der Waals surface area contributed by atoms with Crippen LogP contribution in [0.2, 0.25) is 0 Å². The van der Waals surface area contributed by atoms with Gasteiger partial charge in [0.1, 0.15) is 6.61 Å². The summed E-state index contributed by atoms with van der Waals surface area (Å²) < 4.78 is 59.6. The number of para-hydroxylation sites is 2. The molecule has 0 radical (unpaired) electrons. The van der Waals surface area contributed by atoms with Gasteiger partial charge in [0.25, 0.3) is 0 Å². The first kappa shape index (κ1) is 15.2. The summed E-state index contributed by atoms with van der Waals surface area (Å²) in [6, 6.07) is 14.5. The highest BCUT2D eigenvalue weighted by Crippen LogP contribution is 2.34. The van der Waals surface area contributed by atoms with Crippen molar-refractivity contribution in [3.05, 3.63) is 60.2 Å². The number of halogens is 4. The molecule has 0 N–H and O–H groups in total. The number of benzene rings is 2. The highest BCUT2D eigenvalue weighted by Gasteiger charge is 2.44. The van der Waals surface area contributed by atoms with Crippen molar-refractivity contribution in [1.29, 1.82) is 0 Å². The quantitative estimate of drug-likeness (QED) is 0.731. The van der Waals surface area contributed by atoms with Gasteiger partial charge in [-0.1, -0.05) is 42.5 Å². The molecule has 112 valence electrons. The fourth-order valence-electron chi connectivity index (χ4n) is 1.58. The van der Waals surface area contributed by atoms with Gasteiger partial charge in [0, 0.05) is 0 Å². The smallest absolute Gasteiger partial charge is 0.461 e. The van der Waals surface area contributed by atoms with Gasteiger partial charge in [-0.2, -0.15) is 17.6 Å². The van der Waals surface area contributed by atoms with Gasteiger partial charge in [0.05, 0.1) is 0 Å². The molecule has 2 aromatic rings. The van der Waals surface area contributed by atoms with Crippen LogP contribution in [0.25, 0.3) is 0 Å². The van der Waals surface area contributed by atoms with Crippen molar-refractivity contribution in [1.82, 2.24) is 0 Å². The molecule has 0 amide bonds. The summed E-state index contributed by atoms with van der Waals surface area (Å²) in [5.74, 6) is -0.458. The first-order valence-corrected chi connectivity index (χ1v) is 6.10. The Hall–Kier alpha value is -2.24. The molecule has 0 bridgehead atoms. The van der Waals surface area contributed by atoms with E-state index in [-0.39, 0.29) is 12.4 Å². The molecule has 2 nitrogen and oxygen atoms in total. The van der Waals surface area contributed by atoms with Crippen molar-refractivity contribution in [3.8, 4) is 11.5 Å². The molecule has 0 aliphatic rings. The van der Waals surface area contributed by atoms with Crippen molar-refractivity contribution < 1.29 is 27.0 Å². The second-order valence-electron chi connectivity index (χ2n) is 4.19. The normalized spacial score (nSPS) is 11.5. The van der Waals surface area contributed by atoms with Gasteiger partial charge in [-0.15, -0.1) is 0 Å². The molecule has 21 heavy (non-hydrogen) atoms. The molecule has 0 spiro atoms. The first-order chi connectivity index (χ1) is 9.99. The predicted molar refractivity (Wildman–Crippen MR) is 68.8 cm³/mol. The molecule has 2 aromatic carbocycles. The topological polar surface area (TPSA) is 18.5 Å². The minimum absolute atomic E-state index is 0.0262. The maximum Gasteiger partial charge on any atom is 0.461 e. The second-order valence-corrected chi connectivity index (χ2v) is 4.19. The average Bonchev–Trinajstić information content (AvgIpc) is 2.47. The minimum Gasteiger partial charge on any atom is -0.485 e. The Kier molecular flexibility index (Phi) is 4.67. The van der Waals surface area contributed by atoms with Crippen LogP contribution >= 0.6 is 0 Å². The Morgan fingerprint density at radius 3 is 2.05 bits per heavy atom. The Bertz CT molecular complexity index is 573. The minimum atomic E-state index is -4.56. The lowest BCUT2D eigenvalue weighted by molar-refractivity contribution is -0.253.